The zero-order valence-electron chi connectivity index (χ0n) is 13.6. The molecular formula is C15H16N6O4. The fourth-order valence-electron chi connectivity index (χ4n) is 2.80. The van der Waals surface area contributed by atoms with Gasteiger partial charge in [-0.3, -0.25) is 20.2 Å². The molecule has 0 radical (unpaired) electrons. The number of carbonyl (C=O) groups is 2. The number of hydrogen-bond acceptors (Lipinski definition) is 6. The van der Waals surface area contributed by atoms with E-state index in [9.17, 15) is 19.7 Å². The summed E-state index contributed by atoms with van der Waals surface area (Å²) < 4.78 is 1.61. The molecule has 0 bridgehead atoms. The van der Waals surface area contributed by atoms with Gasteiger partial charge in [0.1, 0.15) is 11.5 Å². The first-order chi connectivity index (χ1) is 11.8. The maximum Gasteiger partial charge on any atom is 0.322 e. The zero-order chi connectivity index (χ0) is 18.2. The Balaban J connectivity index is 1.96. The van der Waals surface area contributed by atoms with E-state index in [0.29, 0.717) is 5.82 Å². The van der Waals surface area contributed by atoms with E-state index in [1.54, 1.807) is 36.9 Å². The highest BCUT2D eigenvalue weighted by atomic mass is 16.6. The Bertz CT molecular complexity index is 877. The van der Waals surface area contributed by atoms with Crippen molar-refractivity contribution in [2.45, 2.75) is 12.5 Å². The monoisotopic (exact) mass is 344 g/mol. The molecule has 10 nitrogen and oxygen atoms in total. The van der Waals surface area contributed by atoms with Gasteiger partial charge in [-0.1, -0.05) is 6.07 Å². The molecule has 1 aliphatic heterocycles. The number of nitrogens with zero attached hydrogens (tertiary/aromatic N) is 3. The summed E-state index contributed by atoms with van der Waals surface area (Å²) in [5.41, 5.74) is -0.588. The van der Waals surface area contributed by atoms with E-state index in [-0.39, 0.29) is 17.9 Å². The lowest BCUT2D eigenvalue weighted by atomic mass is 9.98. The lowest BCUT2D eigenvalue weighted by molar-refractivity contribution is -0.384. The van der Waals surface area contributed by atoms with Crippen LogP contribution in [0.1, 0.15) is 11.4 Å². The van der Waals surface area contributed by atoms with Crippen LogP contribution in [0.15, 0.2) is 30.6 Å². The molecule has 2 heterocycles. The van der Waals surface area contributed by atoms with Crippen LogP contribution >= 0.6 is 0 Å². The smallest absolute Gasteiger partial charge is 0.322 e. The van der Waals surface area contributed by atoms with Crippen LogP contribution in [0.5, 0.6) is 0 Å². The van der Waals surface area contributed by atoms with E-state index in [0.717, 1.165) is 5.56 Å². The Kier molecular flexibility index (Phi) is 3.87. The molecule has 0 saturated carbocycles. The van der Waals surface area contributed by atoms with Crippen molar-refractivity contribution in [3.8, 4) is 0 Å². The van der Waals surface area contributed by atoms with Gasteiger partial charge >= 0.3 is 6.03 Å². The van der Waals surface area contributed by atoms with Gasteiger partial charge in [0.2, 0.25) is 0 Å². The van der Waals surface area contributed by atoms with E-state index < -0.39 is 22.4 Å². The maximum absolute atomic E-state index is 12.4. The number of carbonyl (C=O) groups excluding carboxylic acids is 2. The molecule has 3 amide bonds. The number of nitro benzene ring substituents is 1. The summed E-state index contributed by atoms with van der Waals surface area (Å²) in [5.74, 6) is -0.257. The van der Waals surface area contributed by atoms with Gasteiger partial charge in [0.25, 0.3) is 11.6 Å². The number of imidazole rings is 1. The molecule has 25 heavy (non-hydrogen) atoms. The molecule has 3 N–H and O–H groups in total. The minimum absolute atomic E-state index is 0.0979. The lowest BCUT2D eigenvalue weighted by Gasteiger charge is -2.26. The van der Waals surface area contributed by atoms with Gasteiger partial charge in [0.15, 0.2) is 5.54 Å². The quantitative estimate of drug-likeness (QED) is 0.417. The molecule has 3 rings (SSSR count). The van der Waals surface area contributed by atoms with E-state index in [4.69, 9.17) is 0 Å². The first kappa shape index (κ1) is 16.4. The first-order valence-corrected chi connectivity index (χ1v) is 7.44. The highest BCUT2D eigenvalue weighted by Crippen LogP contribution is 2.29. The van der Waals surface area contributed by atoms with Gasteiger partial charge in [-0.25, -0.2) is 9.78 Å². The topological polar surface area (TPSA) is 131 Å². The molecule has 1 atom stereocenters. The van der Waals surface area contributed by atoms with Crippen molar-refractivity contribution >= 4 is 23.3 Å². The van der Waals surface area contributed by atoms with Gasteiger partial charge < -0.3 is 15.2 Å². The predicted octanol–water partition coefficient (Wildman–Crippen LogP) is 0.784. The average molecular weight is 344 g/mol. The fourth-order valence-corrected chi connectivity index (χ4v) is 2.80. The van der Waals surface area contributed by atoms with Crippen LogP contribution < -0.4 is 16.0 Å². The molecule has 130 valence electrons. The Morgan fingerprint density at radius 1 is 1.40 bits per heavy atom. The fraction of sp³-hybridized carbons (Fsp3) is 0.267. The molecule has 0 aliphatic carbocycles. The largest absolute Gasteiger partial charge is 0.376 e. The molecule has 1 aromatic heterocycles. The van der Waals surface area contributed by atoms with Crippen LogP contribution in [-0.2, 0) is 17.4 Å². The molecule has 1 unspecified atom stereocenters. The van der Waals surface area contributed by atoms with Gasteiger partial charge in [-0.05, 0) is 18.6 Å². The molecule has 1 fully saturated rings. The van der Waals surface area contributed by atoms with Crippen molar-refractivity contribution in [2.24, 2.45) is 7.05 Å². The van der Waals surface area contributed by atoms with Gasteiger partial charge in [0, 0.05) is 25.5 Å². The van der Waals surface area contributed by atoms with E-state index in [1.807, 2.05) is 0 Å². The Labute approximate surface area is 142 Å². The van der Waals surface area contributed by atoms with Crippen LogP contribution in [0.2, 0.25) is 0 Å². The Morgan fingerprint density at radius 3 is 2.72 bits per heavy atom. The number of nitro groups is 1. The van der Waals surface area contributed by atoms with Gasteiger partial charge in [0.05, 0.1) is 11.5 Å². The Hall–Kier alpha value is -3.43. The summed E-state index contributed by atoms with van der Waals surface area (Å²) in [6, 6.07) is 4.07. The summed E-state index contributed by atoms with van der Waals surface area (Å²) in [6.45, 7) is 1.65. The summed E-state index contributed by atoms with van der Waals surface area (Å²) >= 11 is 0. The number of imide groups is 1. The predicted molar refractivity (Wildman–Crippen MR) is 87.9 cm³/mol. The van der Waals surface area contributed by atoms with Crippen LogP contribution in [0.4, 0.5) is 16.2 Å². The van der Waals surface area contributed by atoms with Crippen molar-refractivity contribution < 1.29 is 14.5 Å². The van der Waals surface area contributed by atoms with E-state index in [1.165, 1.54) is 12.3 Å². The third-order valence-electron chi connectivity index (χ3n) is 4.04. The van der Waals surface area contributed by atoms with Gasteiger partial charge in [-0.15, -0.1) is 0 Å². The van der Waals surface area contributed by atoms with Crippen LogP contribution in [-0.4, -0.2) is 33.0 Å². The lowest BCUT2D eigenvalue weighted by Crippen LogP contribution is -2.51. The highest BCUT2D eigenvalue weighted by Gasteiger charge is 2.50. The van der Waals surface area contributed by atoms with E-state index >= 15 is 0 Å². The third-order valence-corrected chi connectivity index (χ3v) is 4.04. The molecular weight excluding hydrogens is 328 g/mol. The number of anilines is 1. The standard InChI is InChI=1S/C15H16N6O4/c1-9-3-4-10(11(7-9)21(24)25)17-8-15(12-16-5-6-20(12)2)13(22)18-14(23)19-15/h3-7,17H,8H2,1-2H3,(H2,18,19,22,23). The van der Waals surface area contributed by atoms with Crippen molar-refractivity contribution in [1.29, 1.82) is 0 Å². The molecule has 1 aliphatic rings. The molecule has 1 aromatic carbocycles. The minimum atomic E-state index is -1.46. The SMILES string of the molecule is Cc1ccc(NCC2(c3nccn3C)NC(=O)NC2=O)c([N+](=O)[O-])c1. The van der Waals surface area contributed by atoms with Crippen LogP contribution in [0, 0.1) is 17.0 Å². The molecule has 0 spiro atoms. The normalized spacial score (nSPS) is 19.4. The minimum Gasteiger partial charge on any atom is -0.376 e. The molecule has 2 aromatic rings. The molecule has 10 heteroatoms. The number of hydrogen-bond donors (Lipinski definition) is 3. The van der Waals surface area contributed by atoms with Crippen molar-refractivity contribution in [3.63, 3.8) is 0 Å². The number of amides is 3. The summed E-state index contributed by atoms with van der Waals surface area (Å²) in [7, 11) is 1.69. The zero-order valence-corrected chi connectivity index (χ0v) is 13.6. The second kappa shape index (κ2) is 5.89. The average Bonchev–Trinajstić information content (AvgIpc) is 3.09. The maximum atomic E-state index is 12.4. The van der Waals surface area contributed by atoms with E-state index in [2.05, 4.69) is 20.9 Å². The second-order valence-electron chi connectivity index (χ2n) is 5.81. The third kappa shape index (κ3) is 2.77. The first-order valence-electron chi connectivity index (χ1n) is 7.44. The highest BCUT2D eigenvalue weighted by molar-refractivity contribution is 6.07. The number of rotatable bonds is 5. The van der Waals surface area contributed by atoms with Crippen LogP contribution in [0.25, 0.3) is 0 Å². The number of urea groups is 1. The number of nitrogens with one attached hydrogen (secondary N) is 3. The second-order valence-corrected chi connectivity index (χ2v) is 5.81. The van der Waals surface area contributed by atoms with Crippen molar-refractivity contribution in [2.75, 3.05) is 11.9 Å². The number of aromatic nitrogens is 2. The van der Waals surface area contributed by atoms with Gasteiger partial charge in [-0.2, -0.15) is 0 Å². The summed E-state index contributed by atoms with van der Waals surface area (Å²) in [5, 5.41) is 18.9. The van der Waals surface area contributed by atoms with Crippen molar-refractivity contribution in [1.82, 2.24) is 20.2 Å². The number of aryl methyl sites for hydroxylation is 2. The summed E-state index contributed by atoms with van der Waals surface area (Å²) in [6.07, 6.45) is 3.15. The van der Waals surface area contributed by atoms with Crippen molar-refractivity contribution in [3.05, 3.63) is 52.1 Å². The molecule has 1 saturated heterocycles. The summed E-state index contributed by atoms with van der Waals surface area (Å²) in [4.78, 5) is 39.0. The van der Waals surface area contributed by atoms with Crippen LogP contribution in [0.3, 0.4) is 0 Å². The Morgan fingerprint density at radius 2 is 2.16 bits per heavy atom. The number of benzene rings is 1.